The summed E-state index contributed by atoms with van der Waals surface area (Å²) in [6.07, 6.45) is 0. The molecule has 0 N–H and O–H groups in total. The Labute approximate surface area is 127 Å². The molecule has 0 heterocycles. The van der Waals surface area contributed by atoms with E-state index in [0.717, 1.165) is 10.8 Å². The first-order valence-corrected chi connectivity index (χ1v) is 7.01. The lowest BCUT2D eigenvalue weighted by atomic mass is 10.0. The van der Waals surface area contributed by atoms with Crippen LogP contribution in [0.4, 0.5) is 0 Å². The average molecular weight is 297 g/mol. The molecular weight excluding hydrogens is 284 g/mol. The first-order valence-electron chi connectivity index (χ1n) is 6.63. The van der Waals surface area contributed by atoms with Crippen molar-refractivity contribution in [1.82, 2.24) is 0 Å². The number of carbonyl (C=O) groups is 1. The molecule has 0 saturated carbocycles. The van der Waals surface area contributed by atoms with Gasteiger partial charge in [0.05, 0.1) is 0 Å². The van der Waals surface area contributed by atoms with Crippen LogP contribution < -0.4 is 4.74 Å². The summed E-state index contributed by atoms with van der Waals surface area (Å²) in [4.78, 5) is 12.3. The van der Waals surface area contributed by atoms with E-state index in [1.165, 1.54) is 0 Å². The zero-order valence-electron chi connectivity index (χ0n) is 11.3. The number of benzene rings is 3. The molecule has 0 atom stereocenters. The highest BCUT2D eigenvalue weighted by molar-refractivity contribution is 6.30. The number of hydrogen-bond acceptors (Lipinski definition) is 2. The molecule has 0 radical (unpaired) electrons. The number of rotatable bonds is 4. The molecule has 0 aromatic heterocycles. The summed E-state index contributed by atoms with van der Waals surface area (Å²) < 4.78 is 5.52. The van der Waals surface area contributed by atoms with E-state index in [0.29, 0.717) is 16.3 Å². The van der Waals surface area contributed by atoms with Gasteiger partial charge in [-0.2, -0.15) is 0 Å². The highest BCUT2D eigenvalue weighted by Gasteiger charge is 2.10. The molecule has 3 aromatic rings. The van der Waals surface area contributed by atoms with E-state index < -0.39 is 0 Å². The standard InChI is InChI=1S/C18H13ClO2/c19-14-8-10-15(11-9-14)21-12-18(20)17-7-3-5-13-4-1-2-6-16(13)17/h1-11H,12H2. The van der Waals surface area contributed by atoms with Crippen LogP contribution in [0, 0.1) is 0 Å². The van der Waals surface area contributed by atoms with Crippen LogP contribution in [0.25, 0.3) is 10.8 Å². The van der Waals surface area contributed by atoms with Gasteiger partial charge in [0.2, 0.25) is 5.78 Å². The molecule has 3 aromatic carbocycles. The van der Waals surface area contributed by atoms with E-state index in [2.05, 4.69) is 0 Å². The second kappa shape index (κ2) is 5.98. The van der Waals surface area contributed by atoms with E-state index in [1.54, 1.807) is 24.3 Å². The normalized spacial score (nSPS) is 10.5. The minimum absolute atomic E-state index is 0.00956. The van der Waals surface area contributed by atoms with Crippen molar-refractivity contribution in [3.8, 4) is 5.75 Å². The predicted molar refractivity (Wildman–Crippen MR) is 85.2 cm³/mol. The Bertz CT molecular complexity index is 773. The van der Waals surface area contributed by atoms with Crippen molar-refractivity contribution >= 4 is 28.2 Å². The minimum Gasteiger partial charge on any atom is -0.485 e. The van der Waals surface area contributed by atoms with Gasteiger partial charge in [-0.05, 0) is 35.0 Å². The highest BCUT2D eigenvalue weighted by Crippen LogP contribution is 2.20. The van der Waals surface area contributed by atoms with Gasteiger partial charge in [0.1, 0.15) is 5.75 Å². The number of carbonyl (C=O) groups excluding carboxylic acids is 1. The van der Waals surface area contributed by atoms with Crippen LogP contribution in [0.15, 0.2) is 66.7 Å². The van der Waals surface area contributed by atoms with Crippen LogP contribution in [-0.2, 0) is 0 Å². The van der Waals surface area contributed by atoms with Gasteiger partial charge in [0.25, 0.3) is 0 Å². The van der Waals surface area contributed by atoms with E-state index >= 15 is 0 Å². The first-order chi connectivity index (χ1) is 10.2. The summed E-state index contributed by atoms with van der Waals surface area (Å²) in [7, 11) is 0. The number of hydrogen-bond donors (Lipinski definition) is 0. The van der Waals surface area contributed by atoms with Crippen LogP contribution in [-0.4, -0.2) is 12.4 Å². The van der Waals surface area contributed by atoms with Crippen molar-refractivity contribution in [2.45, 2.75) is 0 Å². The molecule has 3 heteroatoms. The minimum atomic E-state index is -0.0400. The molecular formula is C18H13ClO2. The van der Waals surface area contributed by atoms with Gasteiger partial charge < -0.3 is 4.74 Å². The van der Waals surface area contributed by atoms with E-state index in [9.17, 15) is 4.79 Å². The molecule has 0 unspecified atom stereocenters. The Hall–Kier alpha value is -2.32. The Morgan fingerprint density at radius 3 is 2.43 bits per heavy atom. The number of ketones is 1. The molecule has 0 fully saturated rings. The first kappa shape index (κ1) is 13.7. The number of Topliss-reactive ketones (excluding diaryl/α,β-unsaturated/α-hetero) is 1. The average Bonchev–Trinajstić information content (AvgIpc) is 2.53. The summed E-state index contributed by atoms with van der Waals surface area (Å²) in [5.41, 5.74) is 0.682. The molecule has 0 aliphatic heterocycles. The molecule has 0 amide bonds. The molecule has 0 saturated heterocycles. The lowest BCUT2D eigenvalue weighted by molar-refractivity contribution is 0.0923. The lowest BCUT2D eigenvalue weighted by Gasteiger charge is -2.08. The Kier molecular flexibility index (Phi) is 3.89. The van der Waals surface area contributed by atoms with Crippen molar-refractivity contribution in [2.75, 3.05) is 6.61 Å². The van der Waals surface area contributed by atoms with Crippen LogP contribution in [0.5, 0.6) is 5.75 Å². The summed E-state index contributed by atoms with van der Waals surface area (Å²) in [5, 5.41) is 2.64. The number of halogens is 1. The molecule has 0 bridgehead atoms. The second-order valence-corrected chi connectivity index (χ2v) is 5.13. The third-order valence-corrected chi connectivity index (χ3v) is 3.53. The number of fused-ring (bicyclic) bond motifs is 1. The smallest absolute Gasteiger partial charge is 0.200 e. The zero-order valence-corrected chi connectivity index (χ0v) is 12.0. The van der Waals surface area contributed by atoms with Crippen molar-refractivity contribution in [2.24, 2.45) is 0 Å². The Morgan fingerprint density at radius 2 is 1.62 bits per heavy atom. The van der Waals surface area contributed by atoms with Gasteiger partial charge in [0, 0.05) is 10.6 Å². The Morgan fingerprint density at radius 1 is 0.905 bits per heavy atom. The molecule has 2 nitrogen and oxygen atoms in total. The lowest BCUT2D eigenvalue weighted by Crippen LogP contribution is -2.11. The van der Waals surface area contributed by atoms with Crippen LogP contribution in [0.3, 0.4) is 0 Å². The van der Waals surface area contributed by atoms with Gasteiger partial charge >= 0.3 is 0 Å². The van der Waals surface area contributed by atoms with Gasteiger partial charge in [-0.25, -0.2) is 0 Å². The monoisotopic (exact) mass is 296 g/mol. The molecule has 0 aliphatic carbocycles. The summed E-state index contributed by atoms with van der Waals surface area (Å²) in [5.74, 6) is 0.592. The predicted octanol–water partition coefficient (Wildman–Crippen LogP) is 4.75. The van der Waals surface area contributed by atoms with Gasteiger partial charge in [-0.3, -0.25) is 4.79 Å². The Balaban J connectivity index is 1.79. The van der Waals surface area contributed by atoms with Crippen molar-refractivity contribution in [3.05, 3.63) is 77.3 Å². The molecule has 0 spiro atoms. The highest BCUT2D eigenvalue weighted by atomic mass is 35.5. The summed E-state index contributed by atoms with van der Waals surface area (Å²) in [6.45, 7) is 0.00956. The molecule has 0 aliphatic rings. The van der Waals surface area contributed by atoms with Crippen molar-refractivity contribution in [1.29, 1.82) is 0 Å². The third-order valence-electron chi connectivity index (χ3n) is 3.27. The van der Waals surface area contributed by atoms with E-state index in [1.807, 2.05) is 42.5 Å². The molecule has 3 rings (SSSR count). The zero-order chi connectivity index (χ0) is 14.7. The summed E-state index contributed by atoms with van der Waals surface area (Å²) >= 11 is 5.81. The maximum atomic E-state index is 12.3. The quantitative estimate of drug-likeness (QED) is 0.649. The van der Waals surface area contributed by atoms with Gasteiger partial charge in [-0.15, -0.1) is 0 Å². The molecule has 104 valence electrons. The fourth-order valence-corrected chi connectivity index (χ4v) is 2.35. The number of ether oxygens (including phenoxy) is 1. The van der Waals surface area contributed by atoms with E-state index in [-0.39, 0.29) is 12.4 Å². The largest absolute Gasteiger partial charge is 0.485 e. The van der Waals surface area contributed by atoms with Gasteiger partial charge in [-0.1, -0.05) is 54.1 Å². The maximum absolute atomic E-state index is 12.3. The van der Waals surface area contributed by atoms with Crippen LogP contribution >= 0.6 is 11.6 Å². The van der Waals surface area contributed by atoms with Crippen LogP contribution in [0.2, 0.25) is 5.02 Å². The van der Waals surface area contributed by atoms with Crippen molar-refractivity contribution < 1.29 is 9.53 Å². The molecule has 21 heavy (non-hydrogen) atoms. The SMILES string of the molecule is O=C(COc1ccc(Cl)cc1)c1cccc2ccccc12. The fraction of sp³-hybridized carbons (Fsp3) is 0.0556. The summed E-state index contributed by atoms with van der Waals surface area (Å²) in [6, 6.07) is 20.5. The maximum Gasteiger partial charge on any atom is 0.200 e. The topological polar surface area (TPSA) is 26.3 Å². The van der Waals surface area contributed by atoms with E-state index in [4.69, 9.17) is 16.3 Å². The second-order valence-electron chi connectivity index (χ2n) is 4.69. The fourth-order valence-electron chi connectivity index (χ4n) is 2.23. The van der Waals surface area contributed by atoms with Gasteiger partial charge in [0.15, 0.2) is 6.61 Å². The third kappa shape index (κ3) is 3.06. The van der Waals surface area contributed by atoms with Crippen molar-refractivity contribution in [3.63, 3.8) is 0 Å². The van der Waals surface area contributed by atoms with Crippen LogP contribution in [0.1, 0.15) is 10.4 Å².